The van der Waals surface area contributed by atoms with E-state index in [1.54, 1.807) is 4.90 Å². The smallest absolute Gasteiger partial charge is 0.238 e. The molecule has 1 saturated heterocycles. The third kappa shape index (κ3) is 5.64. The standard InChI is InChI=1S/C15H21ClN2O3S.ClH/c1-17-10-12-6-8-18(9-7-12)15(19)11-22(20,21)14-4-2-13(16)3-5-14;/h2-5,12,17H,6-11H2,1H3;1H. The zero-order valence-corrected chi connectivity index (χ0v) is 15.4. The van der Waals surface area contributed by atoms with Crippen molar-refractivity contribution in [2.75, 3.05) is 32.4 Å². The molecule has 0 aromatic heterocycles. The first-order chi connectivity index (χ1) is 10.4. The summed E-state index contributed by atoms with van der Waals surface area (Å²) in [5, 5.41) is 3.60. The molecule has 1 amide bonds. The molecule has 1 aromatic carbocycles. The Labute approximate surface area is 148 Å². The van der Waals surface area contributed by atoms with Gasteiger partial charge in [0.15, 0.2) is 9.84 Å². The predicted octanol–water partition coefficient (Wildman–Crippen LogP) is 1.99. The van der Waals surface area contributed by atoms with Crippen LogP contribution < -0.4 is 5.32 Å². The number of hydrogen-bond acceptors (Lipinski definition) is 4. The molecular formula is C15H22Cl2N2O3S. The van der Waals surface area contributed by atoms with Crippen LogP contribution in [0.25, 0.3) is 0 Å². The maximum atomic E-state index is 12.3. The van der Waals surface area contributed by atoms with Crippen molar-refractivity contribution in [3.63, 3.8) is 0 Å². The van der Waals surface area contributed by atoms with E-state index in [0.29, 0.717) is 24.0 Å². The van der Waals surface area contributed by atoms with Gasteiger partial charge in [-0.15, -0.1) is 12.4 Å². The number of piperidine rings is 1. The molecule has 0 spiro atoms. The van der Waals surface area contributed by atoms with Crippen molar-refractivity contribution in [2.24, 2.45) is 5.92 Å². The summed E-state index contributed by atoms with van der Waals surface area (Å²) < 4.78 is 24.5. The van der Waals surface area contributed by atoms with E-state index in [9.17, 15) is 13.2 Å². The fourth-order valence-corrected chi connectivity index (χ4v) is 4.01. The van der Waals surface area contributed by atoms with Crippen molar-refractivity contribution in [2.45, 2.75) is 17.7 Å². The van der Waals surface area contributed by atoms with Gasteiger partial charge in [0.2, 0.25) is 5.91 Å². The summed E-state index contributed by atoms with van der Waals surface area (Å²) in [5.41, 5.74) is 0. The summed E-state index contributed by atoms with van der Waals surface area (Å²) in [6.07, 6.45) is 1.82. The Morgan fingerprint density at radius 1 is 1.26 bits per heavy atom. The topological polar surface area (TPSA) is 66.5 Å². The Bertz CT molecular complexity index is 612. The molecule has 0 aliphatic carbocycles. The first-order valence-electron chi connectivity index (χ1n) is 7.33. The summed E-state index contributed by atoms with van der Waals surface area (Å²) in [7, 11) is -1.70. The quantitative estimate of drug-likeness (QED) is 0.847. The number of halogens is 2. The summed E-state index contributed by atoms with van der Waals surface area (Å²) in [4.78, 5) is 14.0. The second-order valence-electron chi connectivity index (χ2n) is 5.59. The lowest BCUT2D eigenvalue weighted by Crippen LogP contribution is -2.42. The van der Waals surface area contributed by atoms with Gasteiger partial charge in [0.25, 0.3) is 0 Å². The van der Waals surface area contributed by atoms with Gasteiger partial charge in [0, 0.05) is 18.1 Å². The number of hydrogen-bond donors (Lipinski definition) is 1. The number of nitrogens with zero attached hydrogens (tertiary/aromatic N) is 1. The molecule has 1 aliphatic heterocycles. The molecule has 1 aliphatic rings. The number of rotatable bonds is 5. The first-order valence-corrected chi connectivity index (χ1v) is 9.36. The summed E-state index contributed by atoms with van der Waals surface area (Å²) in [6, 6.07) is 5.90. The van der Waals surface area contributed by atoms with Crippen LogP contribution in [-0.2, 0) is 14.6 Å². The van der Waals surface area contributed by atoms with Gasteiger partial charge in [-0.1, -0.05) is 11.6 Å². The largest absolute Gasteiger partial charge is 0.342 e. The Balaban J connectivity index is 0.00000264. The van der Waals surface area contributed by atoms with Crippen molar-refractivity contribution < 1.29 is 13.2 Å². The van der Waals surface area contributed by atoms with E-state index < -0.39 is 15.6 Å². The van der Waals surface area contributed by atoms with Crippen LogP contribution in [0.5, 0.6) is 0 Å². The van der Waals surface area contributed by atoms with Gasteiger partial charge >= 0.3 is 0 Å². The second-order valence-corrected chi connectivity index (χ2v) is 8.02. The van der Waals surface area contributed by atoms with Crippen LogP contribution in [-0.4, -0.2) is 51.7 Å². The lowest BCUT2D eigenvalue weighted by atomic mass is 9.97. The molecule has 23 heavy (non-hydrogen) atoms. The molecule has 1 heterocycles. The van der Waals surface area contributed by atoms with Gasteiger partial charge in [0.05, 0.1) is 4.90 Å². The molecule has 1 fully saturated rings. The summed E-state index contributed by atoms with van der Waals surface area (Å²) >= 11 is 5.75. The number of amides is 1. The summed E-state index contributed by atoms with van der Waals surface area (Å²) in [5.74, 6) is -0.245. The zero-order valence-electron chi connectivity index (χ0n) is 13.0. The van der Waals surface area contributed by atoms with E-state index in [1.807, 2.05) is 7.05 Å². The van der Waals surface area contributed by atoms with E-state index in [4.69, 9.17) is 11.6 Å². The van der Waals surface area contributed by atoms with Crippen LogP contribution >= 0.6 is 24.0 Å². The Hall–Kier alpha value is -0.820. The number of sulfone groups is 1. The van der Waals surface area contributed by atoms with Crippen molar-refractivity contribution in [3.05, 3.63) is 29.3 Å². The number of benzene rings is 1. The maximum Gasteiger partial charge on any atom is 0.238 e. The molecule has 8 heteroatoms. The highest BCUT2D eigenvalue weighted by atomic mass is 35.5. The highest BCUT2D eigenvalue weighted by molar-refractivity contribution is 7.92. The van der Waals surface area contributed by atoms with Crippen LogP contribution in [0.3, 0.4) is 0 Å². The molecule has 0 saturated carbocycles. The number of carbonyl (C=O) groups excluding carboxylic acids is 1. The van der Waals surface area contributed by atoms with Crippen LogP contribution in [0.2, 0.25) is 5.02 Å². The Morgan fingerprint density at radius 2 is 1.83 bits per heavy atom. The van der Waals surface area contributed by atoms with Crippen LogP contribution in [0, 0.1) is 5.92 Å². The molecule has 5 nitrogen and oxygen atoms in total. The maximum absolute atomic E-state index is 12.3. The van der Waals surface area contributed by atoms with Crippen molar-refractivity contribution in [1.82, 2.24) is 10.2 Å². The molecule has 130 valence electrons. The SMILES string of the molecule is CNCC1CCN(C(=O)CS(=O)(=O)c2ccc(Cl)cc2)CC1.Cl. The lowest BCUT2D eigenvalue weighted by Gasteiger charge is -2.31. The van der Waals surface area contributed by atoms with E-state index in [2.05, 4.69) is 5.32 Å². The van der Waals surface area contributed by atoms with Gasteiger partial charge < -0.3 is 10.2 Å². The zero-order chi connectivity index (χ0) is 16.2. The minimum absolute atomic E-state index is 0. The Kier molecular flexibility index (Phi) is 7.80. The number of nitrogens with one attached hydrogen (secondary N) is 1. The molecule has 1 aromatic rings. The fourth-order valence-electron chi connectivity index (χ4n) is 2.65. The summed E-state index contributed by atoms with van der Waals surface area (Å²) in [6.45, 7) is 2.19. The van der Waals surface area contributed by atoms with Crippen molar-refractivity contribution >= 4 is 39.8 Å². The normalized spacial score (nSPS) is 16.0. The number of carbonyl (C=O) groups is 1. The van der Waals surface area contributed by atoms with Crippen molar-refractivity contribution in [1.29, 1.82) is 0 Å². The number of likely N-dealkylation sites (tertiary alicyclic amines) is 1. The van der Waals surface area contributed by atoms with Gasteiger partial charge in [-0.3, -0.25) is 4.79 Å². The minimum atomic E-state index is -3.61. The average molecular weight is 381 g/mol. The Morgan fingerprint density at radius 3 is 2.35 bits per heavy atom. The minimum Gasteiger partial charge on any atom is -0.342 e. The van der Waals surface area contributed by atoms with Gasteiger partial charge in [-0.2, -0.15) is 0 Å². The predicted molar refractivity (Wildman–Crippen MR) is 94.0 cm³/mol. The molecular weight excluding hydrogens is 359 g/mol. The van der Waals surface area contributed by atoms with Crippen LogP contribution in [0.4, 0.5) is 0 Å². The van der Waals surface area contributed by atoms with Crippen molar-refractivity contribution in [3.8, 4) is 0 Å². The third-order valence-corrected chi connectivity index (χ3v) is 5.82. The lowest BCUT2D eigenvalue weighted by molar-refractivity contribution is -0.129. The second kappa shape index (κ2) is 8.87. The molecule has 1 N–H and O–H groups in total. The van der Waals surface area contributed by atoms with Gasteiger partial charge in [-0.25, -0.2) is 8.42 Å². The van der Waals surface area contributed by atoms with Crippen LogP contribution in [0.1, 0.15) is 12.8 Å². The third-order valence-electron chi connectivity index (χ3n) is 3.95. The highest BCUT2D eigenvalue weighted by Gasteiger charge is 2.26. The molecule has 0 atom stereocenters. The molecule has 0 bridgehead atoms. The first kappa shape index (κ1) is 20.2. The molecule has 0 radical (unpaired) electrons. The van der Waals surface area contributed by atoms with Gasteiger partial charge in [0.1, 0.15) is 5.75 Å². The van der Waals surface area contributed by atoms with Crippen LogP contribution in [0.15, 0.2) is 29.2 Å². The van der Waals surface area contributed by atoms with E-state index in [0.717, 1.165) is 19.4 Å². The van der Waals surface area contributed by atoms with Gasteiger partial charge in [-0.05, 0) is 56.6 Å². The monoisotopic (exact) mass is 380 g/mol. The molecule has 0 unspecified atom stereocenters. The van der Waals surface area contributed by atoms with E-state index >= 15 is 0 Å². The highest BCUT2D eigenvalue weighted by Crippen LogP contribution is 2.19. The van der Waals surface area contributed by atoms with E-state index in [-0.39, 0.29) is 23.2 Å². The van der Waals surface area contributed by atoms with E-state index in [1.165, 1.54) is 24.3 Å². The molecule has 2 rings (SSSR count). The average Bonchev–Trinajstić information content (AvgIpc) is 2.48. The fraction of sp³-hybridized carbons (Fsp3) is 0.533.